The fraction of sp³-hybridized carbons (Fsp3) is 0.294. The molecule has 2 atom stereocenters. The lowest BCUT2D eigenvalue weighted by Crippen LogP contribution is -2.32. The molecule has 1 fully saturated rings. The average molecular weight is 345 g/mol. The highest BCUT2D eigenvalue weighted by atomic mass is 32.1. The first-order valence-corrected chi connectivity index (χ1v) is 9.20. The van der Waals surface area contributed by atoms with Gasteiger partial charge < -0.3 is 10.4 Å². The summed E-state index contributed by atoms with van der Waals surface area (Å²) in [4.78, 5) is 24.1. The SMILES string of the molecule is O=C(N[C@@H]1CC[C@H](C(=O)O)C1)c1cc2sc3ccccc3c2s1. The second-order valence-corrected chi connectivity index (χ2v) is 8.06. The smallest absolute Gasteiger partial charge is 0.306 e. The fourth-order valence-electron chi connectivity index (χ4n) is 3.20. The summed E-state index contributed by atoms with van der Waals surface area (Å²) in [6, 6.07) is 10.1. The number of carbonyl (C=O) groups excluding carboxylic acids is 1. The van der Waals surface area contributed by atoms with Gasteiger partial charge in [0.15, 0.2) is 0 Å². The second kappa shape index (κ2) is 5.62. The number of carboxylic acids is 1. The van der Waals surface area contributed by atoms with Crippen LogP contribution in [0.2, 0.25) is 0 Å². The summed E-state index contributed by atoms with van der Waals surface area (Å²) in [5.74, 6) is -1.17. The molecule has 0 saturated heterocycles. The molecule has 23 heavy (non-hydrogen) atoms. The quantitative estimate of drug-likeness (QED) is 0.751. The summed E-state index contributed by atoms with van der Waals surface area (Å²) >= 11 is 3.21. The van der Waals surface area contributed by atoms with Crippen molar-refractivity contribution in [3.8, 4) is 0 Å². The van der Waals surface area contributed by atoms with Crippen LogP contribution in [0, 0.1) is 5.92 Å². The van der Waals surface area contributed by atoms with E-state index in [1.54, 1.807) is 11.3 Å². The van der Waals surface area contributed by atoms with E-state index < -0.39 is 5.97 Å². The Labute approximate surface area is 140 Å². The van der Waals surface area contributed by atoms with Crippen molar-refractivity contribution in [2.75, 3.05) is 0 Å². The predicted molar refractivity (Wildman–Crippen MR) is 93.4 cm³/mol. The molecule has 4 rings (SSSR count). The minimum absolute atomic E-state index is 0.0273. The zero-order chi connectivity index (χ0) is 16.0. The molecular weight excluding hydrogens is 330 g/mol. The lowest BCUT2D eigenvalue weighted by molar-refractivity contribution is -0.141. The second-order valence-electron chi connectivity index (χ2n) is 5.92. The van der Waals surface area contributed by atoms with Gasteiger partial charge in [-0.25, -0.2) is 0 Å². The number of fused-ring (bicyclic) bond motifs is 3. The van der Waals surface area contributed by atoms with Crippen molar-refractivity contribution in [3.05, 3.63) is 35.2 Å². The Bertz CT molecular complexity index is 911. The molecule has 0 aliphatic heterocycles. The van der Waals surface area contributed by atoms with Gasteiger partial charge in [0.25, 0.3) is 5.91 Å². The lowest BCUT2D eigenvalue weighted by Gasteiger charge is -2.11. The van der Waals surface area contributed by atoms with Crippen LogP contribution in [-0.4, -0.2) is 23.0 Å². The average Bonchev–Trinajstić information content (AvgIpc) is 3.20. The molecule has 2 N–H and O–H groups in total. The molecule has 1 saturated carbocycles. The van der Waals surface area contributed by atoms with Crippen molar-refractivity contribution >= 4 is 54.0 Å². The normalized spacial score (nSPS) is 21.0. The number of nitrogens with one attached hydrogen (secondary N) is 1. The van der Waals surface area contributed by atoms with Gasteiger partial charge in [-0.05, 0) is 31.4 Å². The Hall–Kier alpha value is -1.92. The van der Waals surface area contributed by atoms with E-state index in [-0.39, 0.29) is 17.9 Å². The van der Waals surface area contributed by atoms with Gasteiger partial charge in [0.1, 0.15) is 0 Å². The summed E-state index contributed by atoms with van der Waals surface area (Å²) in [6.07, 6.45) is 1.92. The number of carboxylic acid groups (broad SMARTS) is 1. The van der Waals surface area contributed by atoms with Crippen LogP contribution in [0.25, 0.3) is 19.5 Å². The first kappa shape index (κ1) is 14.7. The third kappa shape index (κ3) is 2.62. The maximum atomic E-state index is 12.4. The monoisotopic (exact) mass is 345 g/mol. The molecule has 0 radical (unpaired) electrons. The van der Waals surface area contributed by atoms with Crippen LogP contribution >= 0.6 is 22.7 Å². The zero-order valence-electron chi connectivity index (χ0n) is 12.2. The molecule has 6 heteroatoms. The molecule has 1 aromatic carbocycles. The molecule has 2 aromatic heterocycles. The van der Waals surface area contributed by atoms with E-state index in [0.717, 1.165) is 15.8 Å². The van der Waals surface area contributed by atoms with Gasteiger partial charge in [0.2, 0.25) is 0 Å². The minimum atomic E-state index is -0.759. The molecular formula is C17H15NO3S2. The number of hydrogen-bond donors (Lipinski definition) is 2. The van der Waals surface area contributed by atoms with Gasteiger partial charge in [-0.3, -0.25) is 9.59 Å². The maximum Gasteiger partial charge on any atom is 0.306 e. The zero-order valence-corrected chi connectivity index (χ0v) is 13.9. The first-order chi connectivity index (χ1) is 11.1. The first-order valence-electron chi connectivity index (χ1n) is 7.56. The van der Waals surface area contributed by atoms with E-state index in [1.165, 1.54) is 21.4 Å². The van der Waals surface area contributed by atoms with Gasteiger partial charge in [-0.15, -0.1) is 22.7 Å². The molecule has 1 aliphatic rings. The van der Waals surface area contributed by atoms with Crippen LogP contribution in [-0.2, 0) is 4.79 Å². The highest BCUT2D eigenvalue weighted by Crippen LogP contribution is 2.39. The van der Waals surface area contributed by atoms with Gasteiger partial charge in [-0.2, -0.15) is 0 Å². The Morgan fingerprint density at radius 1 is 1.13 bits per heavy atom. The van der Waals surface area contributed by atoms with Crippen molar-refractivity contribution in [3.63, 3.8) is 0 Å². The largest absolute Gasteiger partial charge is 0.481 e. The van der Waals surface area contributed by atoms with Crippen molar-refractivity contribution in [1.82, 2.24) is 5.32 Å². The molecule has 118 valence electrons. The van der Waals surface area contributed by atoms with Crippen LogP contribution in [0.3, 0.4) is 0 Å². The molecule has 3 aromatic rings. The molecule has 1 aliphatic carbocycles. The van der Waals surface area contributed by atoms with Crippen molar-refractivity contribution in [2.45, 2.75) is 25.3 Å². The van der Waals surface area contributed by atoms with Gasteiger partial charge in [0, 0.05) is 20.8 Å². The molecule has 0 bridgehead atoms. The Balaban J connectivity index is 1.55. The van der Waals surface area contributed by atoms with E-state index >= 15 is 0 Å². The third-order valence-corrected chi connectivity index (χ3v) is 6.80. The minimum Gasteiger partial charge on any atom is -0.481 e. The maximum absolute atomic E-state index is 12.4. The summed E-state index contributed by atoms with van der Waals surface area (Å²) in [5.41, 5.74) is 0. The number of amides is 1. The van der Waals surface area contributed by atoms with Crippen LogP contribution in [0.1, 0.15) is 28.9 Å². The molecule has 0 unspecified atom stereocenters. The molecule has 2 heterocycles. The number of carbonyl (C=O) groups is 2. The van der Waals surface area contributed by atoms with Crippen LogP contribution < -0.4 is 5.32 Å². The standard InChI is InChI=1S/C17H15NO3S2/c19-16(18-10-6-5-9(7-10)17(20)21)14-8-13-15(23-14)11-3-1-2-4-12(11)22-13/h1-4,8-10H,5-7H2,(H,18,19)(H,20,21)/t9-,10+/m0/s1. The fourth-order valence-corrected chi connectivity index (χ4v) is 5.63. The number of hydrogen-bond acceptors (Lipinski definition) is 4. The van der Waals surface area contributed by atoms with Crippen molar-refractivity contribution in [2.24, 2.45) is 5.92 Å². The summed E-state index contributed by atoms with van der Waals surface area (Å²) in [6.45, 7) is 0. The number of rotatable bonds is 3. The van der Waals surface area contributed by atoms with Crippen molar-refractivity contribution < 1.29 is 14.7 Å². The molecule has 0 spiro atoms. The highest BCUT2D eigenvalue weighted by molar-refractivity contribution is 7.33. The number of thiophene rings is 2. The summed E-state index contributed by atoms with van der Waals surface area (Å²) in [7, 11) is 0. The summed E-state index contributed by atoms with van der Waals surface area (Å²) < 4.78 is 3.53. The van der Waals surface area contributed by atoms with E-state index in [0.29, 0.717) is 17.7 Å². The van der Waals surface area contributed by atoms with Crippen molar-refractivity contribution in [1.29, 1.82) is 0 Å². The number of aliphatic carboxylic acids is 1. The van der Waals surface area contributed by atoms with Crippen LogP contribution in [0.15, 0.2) is 30.3 Å². The lowest BCUT2D eigenvalue weighted by atomic mass is 10.1. The third-order valence-electron chi connectivity index (χ3n) is 4.39. The van der Waals surface area contributed by atoms with Crippen LogP contribution in [0.4, 0.5) is 0 Å². The van der Waals surface area contributed by atoms with E-state index in [2.05, 4.69) is 17.4 Å². The Morgan fingerprint density at radius 3 is 2.74 bits per heavy atom. The Morgan fingerprint density at radius 2 is 1.96 bits per heavy atom. The number of benzene rings is 1. The van der Waals surface area contributed by atoms with E-state index in [1.807, 2.05) is 18.2 Å². The highest BCUT2D eigenvalue weighted by Gasteiger charge is 2.31. The Kier molecular flexibility index (Phi) is 3.58. The predicted octanol–water partition coefficient (Wildman–Crippen LogP) is 4.10. The van der Waals surface area contributed by atoms with Gasteiger partial charge in [0.05, 0.1) is 15.5 Å². The molecule has 1 amide bonds. The summed E-state index contributed by atoms with van der Waals surface area (Å²) in [5, 5.41) is 13.2. The molecule has 4 nitrogen and oxygen atoms in total. The van der Waals surface area contributed by atoms with E-state index in [9.17, 15) is 9.59 Å². The van der Waals surface area contributed by atoms with Gasteiger partial charge >= 0.3 is 5.97 Å². The van der Waals surface area contributed by atoms with Gasteiger partial charge in [-0.1, -0.05) is 18.2 Å². The van der Waals surface area contributed by atoms with Crippen LogP contribution in [0.5, 0.6) is 0 Å². The topological polar surface area (TPSA) is 66.4 Å². The van der Waals surface area contributed by atoms with E-state index in [4.69, 9.17) is 5.11 Å².